The van der Waals surface area contributed by atoms with Gasteiger partial charge in [0.05, 0.1) is 17.7 Å². The molecule has 0 heterocycles. The number of methoxy groups -OCH3 is 1. The van der Waals surface area contributed by atoms with E-state index in [4.69, 9.17) is 4.74 Å². The van der Waals surface area contributed by atoms with Crippen molar-refractivity contribution in [3.63, 3.8) is 0 Å². The Morgan fingerprint density at radius 1 is 1.04 bits per heavy atom. The molecule has 7 heteroatoms. The van der Waals surface area contributed by atoms with Gasteiger partial charge in [-0.25, -0.2) is 8.42 Å². The van der Waals surface area contributed by atoms with Crippen LogP contribution in [0, 0.1) is 0 Å². The van der Waals surface area contributed by atoms with Crippen LogP contribution in [0.4, 0.5) is 5.69 Å². The maximum Gasteiger partial charge on any atom is 0.261 e. The first kappa shape index (κ1) is 18.8. The Kier molecular flexibility index (Phi) is 5.37. The molecule has 0 aliphatic rings. The van der Waals surface area contributed by atoms with E-state index in [0.29, 0.717) is 11.4 Å². The first-order valence-corrected chi connectivity index (χ1v) is 9.18. The number of hydrogen-bond acceptors (Lipinski definition) is 4. The fourth-order valence-corrected chi connectivity index (χ4v) is 3.21. The number of anilines is 1. The quantitative estimate of drug-likeness (QED) is 0.856. The number of rotatable bonds is 5. The molecule has 1 amide bonds. The summed E-state index contributed by atoms with van der Waals surface area (Å²) < 4.78 is 32.7. The number of carbonyl (C=O) groups is 1. The Morgan fingerprint density at radius 2 is 1.72 bits per heavy atom. The third-order valence-corrected chi connectivity index (χ3v) is 4.60. The SMILES string of the molecule is COc1cccc(NS(=O)(=O)c2cccc(C(=O)NC(C)(C)C)c2)c1. The highest BCUT2D eigenvalue weighted by atomic mass is 32.2. The minimum absolute atomic E-state index is 0.0110. The van der Waals surface area contributed by atoms with Gasteiger partial charge in [0.2, 0.25) is 0 Å². The van der Waals surface area contributed by atoms with Gasteiger partial charge < -0.3 is 10.1 Å². The van der Waals surface area contributed by atoms with Crippen molar-refractivity contribution in [2.24, 2.45) is 0 Å². The van der Waals surface area contributed by atoms with Crippen LogP contribution in [0.25, 0.3) is 0 Å². The molecule has 0 aliphatic heterocycles. The van der Waals surface area contributed by atoms with Crippen molar-refractivity contribution < 1.29 is 17.9 Å². The summed E-state index contributed by atoms with van der Waals surface area (Å²) in [5.41, 5.74) is 0.248. The lowest BCUT2D eigenvalue weighted by Crippen LogP contribution is -2.40. The zero-order valence-corrected chi connectivity index (χ0v) is 15.5. The number of ether oxygens (including phenoxy) is 1. The highest BCUT2D eigenvalue weighted by molar-refractivity contribution is 7.92. The predicted octanol–water partition coefficient (Wildman–Crippen LogP) is 3.02. The summed E-state index contributed by atoms with van der Waals surface area (Å²) >= 11 is 0. The zero-order chi connectivity index (χ0) is 18.7. The third kappa shape index (κ3) is 5.22. The molecule has 2 rings (SSSR count). The van der Waals surface area contributed by atoms with Gasteiger partial charge in [0.15, 0.2) is 0 Å². The van der Waals surface area contributed by atoms with Gasteiger partial charge in [-0.05, 0) is 51.1 Å². The molecular weight excluding hydrogens is 340 g/mol. The van der Waals surface area contributed by atoms with Crippen molar-refractivity contribution in [2.75, 3.05) is 11.8 Å². The fraction of sp³-hybridized carbons (Fsp3) is 0.278. The van der Waals surface area contributed by atoms with Gasteiger partial charge in [-0.2, -0.15) is 0 Å². The van der Waals surface area contributed by atoms with E-state index >= 15 is 0 Å². The molecule has 0 unspecified atom stereocenters. The van der Waals surface area contributed by atoms with Gasteiger partial charge in [-0.3, -0.25) is 9.52 Å². The number of hydrogen-bond donors (Lipinski definition) is 2. The average Bonchev–Trinajstić information content (AvgIpc) is 2.53. The van der Waals surface area contributed by atoms with Gasteiger partial charge in [0.1, 0.15) is 5.75 Å². The molecule has 0 fully saturated rings. The summed E-state index contributed by atoms with van der Waals surface area (Å²) in [5.74, 6) is 0.212. The summed E-state index contributed by atoms with van der Waals surface area (Å²) in [5, 5.41) is 2.81. The maximum absolute atomic E-state index is 12.6. The average molecular weight is 362 g/mol. The van der Waals surface area contributed by atoms with Crippen LogP contribution in [0.3, 0.4) is 0 Å². The van der Waals surface area contributed by atoms with E-state index in [0.717, 1.165) is 0 Å². The van der Waals surface area contributed by atoms with E-state index in [-0.39, 0.29) is 16.4 Å². The third-order valence-electron chi connectivity index (χ3n) is 3.22. The monoisotopic (exact) mass is 362 g/mol. The molecule has 2 aromatic carbocycles. The molecule has 0 aliphatic carbocycles. The van der Waals surface area contributed by atoms with Crippen LogP contribution in [-0.2, 0) is 10.0 Å². The number of carbonyl (C=O) groups excluding carboxylic acids is 1. The van der Waals surface area contributed by atoms with Gasteiger partial charge in [0.25, 0.3) is 15.9 Å². The second kappa shape index (κ2) is 7.14. The molecule has 0 atom stereocenters. The molecule has 6 nitrogen and oxygen atoms in total. The lowest BCUT2D eigenvalue weighted by Gasteiger charge is -2.20. The highest BCUT2D eigenvalue weighted by Gasteiger charge is 2.19. The van der Waals surface area contributed by atoms with Gasteiger partial charge >= 0.3 is 0 Å². The Morgan fingerprint density at radius 3 is 2.36 bits per heavy atom. The Hall–Kier alpha value is -2.54. The number of sulfonamides is 1. The highest BCUT2D eigenvalue weighted by Crippen LogP contribution is 2.21. The van der Waals surface area contributed by atoms with E-state index in [1.165, 1.54) is 25.3 Å². The molecule has 2 N–H and O–H groups in total. The Labute approximate surface area is 148 Å². The van der Waals surface area contributed by atoms with Crippen molar-refractivity contribution in [2.45, 2.75) is 31.2 Å². The standard InChI is InChI=1S/C18H22N2O4S/c1-18(2,3)19-17(21)13-7-5-10-16(11-13)25(22,23)20-14-8-6-9-15(12-14)24-4/h5-12,20H,1-4H3,(H,19,21). The van der Waals surface area contributed by atoms with Crippen molar-refractivity contribution in [1.29, 1.82) is 0 Å². The van der Waals surface area contributed by atoms with E-state index in [1.54, 1.807) is 30.3 Å². The van der Waals surface area contributed by atoms with Gasteiger partial charge in [-0.1, -0.05) is 12.1 Å². The van der Waals surface area contributed by atoms with E-state index in [9.17, 15) is 13.2 Å². The van der Waals surface area contributed by atoms with Crippen molar-refractivity contribution in [3.8, 4) is 5.75 Å². The van der Waals surface area contributed by atoms with Gasteiger partial charge in [0, 0.05) is 17.2 Å². The lowest BCUT2D eigenvalue weighted by molar-refractivity contribution is 0.0919. The van der Waals surface area contributed by atoms with Crippen LogP contribution >= 0.6 is 0 Å². The largest absolute Gasteiger partial charge is 0.497 e. The molecule has 0 radical (unpaired) electrons. The van der Waals surface area contributed by atoms with Crippen molar-refractivity contribution in [3.05, 3.63) is 54.1 Å². The Bertz CT molecular complexity index is 871. The van der Waals surface area contributed by atoms with Crippen LogP contribution < -0.4 is 14.8 Å². The lowest BCUT2D eigenvalue weighted by atomic mass is 10.1. The van der Waals surface area contributed by atoms with E-state index in [2.05, 4.69) is 10.0 Å². The summed E-state index contributed by atoms with van der Waals surface area (Å²) in [4.78, 5) is 12.2. The molecule has 25 heavy (non-hydrogen) atoms. The summed E-state index contributed by atoms with van der Waals surface area (Å²) in [6.07, 6.45) is 0. The molecule has 0 saturated carbocycles. The molecule has 0 spiro atoms. The molecule has 2 aromatic rings. The zero-order valence-electron chi connectivity index (χ0n) is 14.7. The fourth-order valence-electron chi connectivity index (χ4n) is 2.12. The Balaban J connectivity index is 2.27. The number of nitrogens with one attached hydrogen (secondary N) is 2. The van der Waals surface area contributed by atoms with Gasteiger partial charge in [-0.15, -0.1) is 0 Å². The summed E-state index contributed by atoms with van der Waals surface area (Å²) in [7, 11) is -2.32. The second-order valence-corrected chi connectivity index (χ2v) is 8.25. The van der Waals surface area contributed by atoms with Crippen LogP contribution in [0.1, 0.15) is 31.1 Å². The topological polar surface area (TPSA) is 84.5 Å². The smallest absolute Gasteiger partial charge is 0.261 e. The van der Waals surface area contributed by atoms with Crippen molar-refractivity contribution >= 4 is 21.6 Å². The predicted molar refractivity (Wildman–Crippen MR) is 97.5 cm³/mol. The normalized spacial score (nSPS) is 11.7. The molecular formula is C18H22N2O4S. The van der Waals surface area contributed by atoms with E-state index < -0.39 is 15.6 Å². The first-order valence-electron chi connectivity index (χ1n) is 7.70. The molecule has 0 aromatic heterocycles. The summed E-state index contributed by atoms with van der Waals surface area (Å²) in [6.45, 7) is 5.57. The van der Waals surface area contributed by atoms with Crippen LogP contribution in [0.2, 0.25) is 0 Å². The molecule has 0 bridgehead atoms. The second-order valence-electron chi connectivity index (χ2n) is 6.57. The first-order chi connectivity index (χ1) is 11.6. The van der Waals surface area contributed by atoms with Crippen LogP contribution in [-0.4, -0.2) is 27.0 Å². The van der Waals surface area contributed by atoms with Crippen molar-refractivity contribution in [1.82, 2.24) is 5.32 Å². The molecule has 134 valence electrons. The van der Waals surface area contributed by atoms with Crippen LogP contribution in [0.5, 0.6) is 5.75 Å². The maximum atomic E-state index is 12.6. The number of amides is 1. The number of benzene rings is 2. The minimum atomic E-state index is -3.82. The minimum Gasteiger partial charge on any atom is -0.497 e. The summed E-state index contributed by atoms with van der Waals surface area (Å²) in [6, 6.07) is 12.5. The van der Waals surface area contributed by atoms with E-state index in [1.807, 2.05) is 20.8 Å². The molecule has 0 saturated heterocycles. The van der Waals surface area contributed by atoms with Crippen LogP contribution in [0.15, 0.2) is 53.4 Å².